The number of hydrogen-bond acceptors (Lipinski definition) is 3. The maximum absolute atomic E-state index is 12.3. The van der Waals surface area contributed by atoms with Crippen molar-refractivity contribution in [1.29, 1.82) is 0 Å². The van der Waals surface area contributed by atoms with Crippen LogP contribution < -0.4 is 10.1 Å². The first-order chi connectivity index (χ1) is 11.5. The van der Waals surface area contributed by atoms with Crippen molar-refractivity contribution < 1.29 is 14.3 Å². The second-order valence-corrected chi connectivity index (χ2v) is 5.58. The Bertz CT molecular complexity index is 728. The molecule has 0 saturated carbocycles. The Hall–Kier alpha value is -2.82. The topological polar surface area (TPSA) is 58.6 Å². The number of methoxy groups -OCH3 is 1. The molecule has 0 saturated heterocycles. The predicted octanol–water partition coefficient (Wildman–Crippen LogP) is 2.99. The normalized spacial score (nSPS) is 10.1. The molecule has 5 nitrogen and oxygen atoms in total. The number of aryl methyl sites for hydroxylation is 1. The third-order valence-electron chi connectivity index (χ3n) is 3.76. The molecule has 0 aliphatic rings. The van der Waals surface area contributed by atoms with Crippen molar-refractivity contribution in [3.8, 4) is 5.75 Å². The fraction of sp³-hybridized carbons (Fsp3) is 0.263. The van der Waals surface area contributed by atoms with Crippen LogP contribution in [0, 0.1) is 6.92 Å². The van der Waals surface area contributed by atoms with E-state index in [2.05, 4.69) is 5.32 Å². The molecule has 5 heteroatoms. The Balaban J connectivity index is 2.03. The molecule has 0 aliphatic heterocycles. The van der Waals surface area contributed by atoms with Gasteiger partial charge in [0.2, 0.25) is 11.8 Å². The summed E-state index contributed by atoms with van der Waals surface area (Å²) < 4.78 is 5.13. The highest BCUT2D eigenvalue weighted by Crippen LogP contribution is 2.17. The number of hydrogen-bond donors (Lipinski definition) is 1. The van der Waals surface area contributed by atoms with Crippen LogP contribution in [-0.2, 0) is 16.1 Å². The number of carbonyl (C=O) groups is 2. The van der Waals surface area contributed by atoms with Crippen LogP contribution in [0.3, 0.4) is 0 Å². The Kier molecular flexibility index (Phi) is 5.95. The number of carbonyl (C=O) groups excluding carboxylic acids is 2. The van der Waals surface area contributed by atoms with E-state index < -0.39 is 0 Å². The van der Waals surface area contributed by atoms with Gasteiger partial charge in [0.1, 0.15) is 12.3 Å². The van der Waals surface area contributed by atoms with Gasteiger partial charge < -0.3 is 15.0 Å². The summed E-state index contributed by atoms with van der Waals surface area (Å²) in [5, 5.41) is 2.79. The fourth-order valence-electron chi connectivity index (χ4n) is 2.35. The molecule has 0 radical (unpaired) electrons. The zero-order valence-electron chi connectivity index (χ0n) is 14.2. The van der Waals surface area contributed by atoms with Gasteiger partial charge in [-0.1, -0.05) is 30.3 Å². The van der Waals surface area contributed by atoms with Crippen molar-refractivity contribution in [2.24, 2.45) is 0 Å². The summed E-state index contributed by atoms with van der Waals surface area (Å²) >= 11 is 0. The van der Waals surface area contributed by atoms with Crippen LogP contribution in [0.4, 0.5) is 5.69 Å². The highest BCUT2D eigenvalue weighted by Gasteiger charge is 2.15. The quantitative estimate of drug-likeness (QED) is 0.888. The number of ether oxygens (including phenoxy) is 1. The molecule has 2 rings (SSSR count). The van der Waals surface area contributed by atoms with E-state index in [1.807, 2.05) is 31.2 Å². The van der Waals surface area contributed by atoms with Gasteiger partial charge >= 0.3 is 0 Å². The number of benzene rings is 2. The van der Waals surface area contributed by atoms with Crippen LogP contribution in [-0.4, -0.2) is 30.4 Å². The molecule has 0 bridgehead atoms. The highest BCUT2D eigenvalue weighted by atomic mass is 16.5. The van der Waals surface area contributed by atoms with Crippen LogP contribution in [0.25, 0.3) is 0 Å². The zero-order chi connectivity index (χ0) is 17.5. The first-order valence-electron chi connectivity index (χ1n) is 7.73. The van der Waals surface area contributed by atoms with Crippen molar-refractivity contribution in [2.75, 3.05) is 19.0 Å². The molecule has 0 fully saturated rings. The summed E-state index contributed by atoms with van der Waals surface area (Å²) in [5.74, 6) is 0.280. The minimum absolute atomic E-state index is 0.000870. The Morgan fingerprint density at radius 3 is 2.54 bits per heavy atom. The summed E-state index contributed by atoms with van der Waals surface area (Å²) in [6, 6.07) is 14.9. The molecule has 1 N–H and O–H groups in total. The molecule has 0 aliphatic carbocycles. The van der Waals surface area contributed by atoms with Crippen molar-refractivity contribution in [3.05, 3.63) is 59.7 Å². The Labute approximate surface area is 142 Å². The van der Waals surface area contributed by atoms with Gasteiger partial charge in [0.05, 0.1) is 7.11 Å². The maximum atomic E-state index is 12.3. The van der Waals surface area contributed by atoms with Gasteiger partial charge in [0, 0.05) is 25.2 Å². The van der Waals surface area contributed by atoms with E-state index in [0.29, 0.717) is 18.0 Å². The van der Waals surface area contributed by atoms with Crippen LogP contribution in [0.5, 0.6) is 5.75 Å². The molecule has 2 aromatic rings. The van der Waals surface area contributed by atoms with Crippen LogP contribution in [0.2, 0.25) is 0 Å². The van der Waals surface area contributed by atoms with Gasteiger partial charge in [0.25, 0.3) is 0 Å². The number of nitrogens with zero attached hydrogens (tertiary/aromatic N) is 1. The molecular weight excluding hydrogens is 304 g/mol. The third-order valence-corrected chi connectivity index (χ3v) is 3.76. The summed E-state index contributed by atoms with van der Waals surface area (Å²) in [6.07, 6.45) is 0. The van der Waals surface area contributed by atoms with Crippen molar-refractivity contribution in [1.82, 2.24) is 4.90 Å². The summed E-state index contributed by atoms with van der Waals surface area (Å²) in [6.45, 7) is 3.87. The number of rotatable bonds is 6. The smallest absolute Gasteiger partial charge is 0.244 e. The van der Waals surface area contributed by atoms with Crippen molar-refractivity contribution >= 4 is 17.5 Å². The van der Waals surface area contributed by atoms with Gasteiger partial charge in [-0.2, -0.15) is 0 Å². The first kappa shape index (κ1) is 17.5. The molecule has 0 atom stereocenters. The minimum Gasteiger partial charge on any atom is -0.497 e. The fourth-order valence-corrected chi connectivity index (χ4v) is 2.35. The molecule has 0 unspecified atom stereocenters. The van der Waals surface area contributed by atoms with Crippen LogP contribution in [0.15, 0.2) is 48.5 Å². The Morgan fingerprint density at radius 2 is 1.88 bits per heavy atom. The zero-order valence-corrected chi connectivity index (χ0v) is 14.2. The summed E-state index contributed by atoms with van der Waals surface area (Å²) in [4.78, 5) is 25.7. The lowest BCUT2D eigenvalue weighted by molar-refractivity contribution is -0.133. The first-order valence-corrected chi connectivity index (χ1v) is 7.73. The largest absolute Gasteiger partial charge is 0.497 e. The summed E-state index contributed by atoms with van der Waals surface area (Å²) in [7, 11) is 1.57. The van der Waals surface area contributed by atoms with Gasteiger partial charge in [-0.15, -0.1) is 0 Å². The average Bonchev–Trinajstić information content (AvgIpc) is 2.56. The highest BCUT2D eigenvalue weighted by molar-refractivity contribution is 5.94. The monoisotopic (exact) mass is 326 g/mol. The lowest BCUT2D eigenvalue weighted by atomic mass is 10.1. The van der Waals surface area contributed by atoms with Crippen LogP contribution in [0.1, 0.15) is 18.1 Å². The van der Waals surface area contributed by atoms with Gasteiger partial charge in [0.15, 0.2) is 0 Å². The van der Waals surface area contributed by atoms with Gasteiger partial charge in [-0.05, 0) is 30.2 Å². The van der Waals surface area contributed by atoms with E-state index in [1.54, 1.807) is 31.4 Å². The van der Waals surface area contributed by atoms with E-state index in [0.717, 1.165) is 11.1 Å². The molecule has 2 amide bonds. The molecule has 0 aromatic heterocycles. The van der Waals surface area contributed by atoms with E-state index in [4.69, 9.17) is 4.74 Å². The van der Waals surface area contributed by atoms with E-state index in [-0.39, 0.29) is 18.4 Å². The standard InChI is InChI=1S/C19H22N2O3/c1-14-7-4-5-8-16(14)12-21(15(2)22)13-19(23)20-17-9-6-10-18(11-17)24-3/h4-11H,12-13H2,1-3H3,(H,20,23). The Morgan fingerprint density at radius 1 is 1.12 bits per heavy atom. The third kappa shape index (κ3) is 4.84. The number of anilines is 1. The summed E-state index contributed by atoms with van der Waals surface area (Å²) in [5.41, 5.74) is 2.76. The maximum Gasteiger partial charge on any atom is 0.244 e. The van der Waals surface area contributed by atoms with Crippen LogP contribution >= 0.6 is 0 Å². The van der Waals surface area contributed by atoms with E-state index in [9.17, 15) is 9.59 Å². The van der Waals surface area contributed by atoms with Crippen molar-refractivity contribution in [2.45, 2.75) is 20.4 Å². The average molecular weight is 326 g/mol. The van der Waals surface area contributed by atoms with Gasteiger partial charge in [-0.3, -0.25) is 9.59 Å². The molecule has 24 heavy (non-hydrogen) atoms. The van der Waals surface area contributed by atoms with E-state index in [1.165, 1.54) is 11.8 Å². The number of nitrogens with one attached hydrogen (secondary N) is 1. The second-order valence-electron chi connectivity index (χ2n) is 5.58. The predicted molar refractivity (Wildman–Crippen MR) is 93.9 cm³/mol. The van der Waals surface area contributed by atoms with E-state index >= 15 is 0 Å². The lowest BCUT2D eigenvalue weighted by Crippen LogP contribution is -2.36. The molecular formula is C19H22N2O3. The minimum atomic E-state index is -0.243. The molecule has 2 aromatic carbocycles. The SMILES string of the molecule is COc1cccc(NC(=O)CN(Cc2ccccc2C)C(C)=O)c1. The lowest BCUT2D eigenvalue weighted by Gasteiger charge is -2.21. The molecule has 126 valence electrons. The molecule has 0 spiro atoms. The van der Waals surface area contributed by atoms with Gasteiger partial charge in [-0.25, -0.2) is 0 Å². The van der Waals surface area contributed by atoms with Crippen molar-refractivity contribution in [3.63, 3.8) is 0 Å². The second kappa shape index (κ2) is 8.15. The molecule has 0 heterocycles. The number of amides is 2.